The average molecular weight is 271 g/mol. The van der Waals surface area contributed by atoms with Gasteiger partial charge in [-0.1, -0.05) is 12.2 Å². The molecule has 0 aromatic carbocycles. The molecule has 0 saturated carbocycles. The van der Waals surface area contributed by atoms with Gasteiger partial charge >= 0.3 is 0 Å². The molecule has 18 heavy (non-hydrogen) atoms. The van der Waals surface area contributed by atoms with Gasteiger partial charge in [0.25, 0.3) is 0 Å². The van der Waals surface area contributed by atoms with E-state index in [9.17, 15) is 5.11 Å². The number of hydrogen-bond donors (Lipinski definition) is 3. The van der Waals surface area contributed by atoms with Crippen LogP contribution in [0.4, 0.5) is 0 Å². The highest BCUT2D eigenvalue weighted by atomic mass is 35.5. The van der Waals surface area contributed by atoms with Crippen molar-refractivity contribution in [2.24, 2.45) is 11.8 Å². The molecule has 2 fully saturated rings. The quantitative estimate of drug-likeness (QED) is 0.388. The summed E-state index contributed by atoms with van der Waals surface area (Å²) in [4.78, 5) is 0. The Morgan fingerprint density at radius 1 is 1.06 bits per heavy atom. The monoisotopic (exact) mass is 270 g/mol. The van der Waals surface area contributed by atoms with Crippen molar-refractivity contribution in [2.45, 2.75) is 62.3 Å². The molecule has 0 amide bonds. The summed E-state index contributed by atoms with van der Waals surface area (Å²) in [5.74, 6) is 0.988. The fourth-order valence-corrected chi connectivity index (χ4v) is 4.10. The molecule has 2 aliphatic heterocycles. The zero-order chi connectivity index (χ0) is 12.5. The number of nitrogens with one attached hydrogen (secondary N) is 2. The minimum absolute atomic E-state index is 0.107. The second-order valence-corrected chi connectivity index (χ2v) is 6.51. The van der Waals surface area contributed by atoms with Gasteiger partial charge in [0.05, 0.1) is 5.50 Å². The van der Waals surface area contributed by atoms with Gasteiger partial charge in [-0.05, 0) is 44.4 Å². The van der Waals surface area contributed by atoms with Crippen LogP contribution >= 0.6 is 11.6 Å². The summed E-state index contributed by atoms with van der Waals surface area (Å²) in [5, 5.41) is 17.2. The number of piperidine rings is 2. The first-order valence-corrected chi connectivity index (χ1v) is 7.67. The van der Waals surface area contributed by atoms with E-state index in [2.05, 4.69) is 22.8 Å². The SMILES string of the molecule is OC1NC2CCC(Cl)NC2CC1C1CC=CCC1. The molecule has 6 atom stereocenters. The molecule has 102 valence electrons. The van der Waals surface area contributed by atoms with Crippen LogP contribution in [0.5, 0.6) is 0 Å². The Hall–Kier alpha value is -0.0900. The van der Waals surface area contributed by atoms with Crippen molar-refractivity contribution < 1.29 is 5.11 Å². The summed E-state index contributed by atoms with van der Waals surface area (Å²) in [6.07, 6.45) is 10.8. The highest BCUT2D eigenvalue weighted by molar-refractivity contribution is 6.20. The number of hydrogen-bond acceptors (Lipinski definition) is 3. The van der Waals surface area contributed by atoms with Crippen molar-refractivity contribution >= 4 is 11.6 Å². The molecule has 3 aliphatic rings. The van der Waals surface area contributed by atoms with Crippen LogP contribution in [0.2, 0.25) is 0 Å². The topological polar surface area (TPSA) is 44.3 Å². The molecule has 0 radical (unpaired) electrons. The summed E-state index contributed by atoms with van der Waals surface area (Å²) in [7, 11) is 0. The molecule has 3 rings (SSSR count). The van der Waals surface area contributed by atoms with E-state index in [1.165, 1.54) is 6.42 Å². The van der Waals surface area contributed by atoms with Crippen LogP contribution in [0.25, 0.3) is 0 Å². The van der Waals surface area contributed by atoms with Crippen molar-refractivity contribution in [3.05, 3.63) is 12.2 Å². The standard InChI is InChI=1S/C14H23ClN2O/c15-13-7-6-11-12(16-13)8-10(14(18)17-11)9-4-2-1-3-5-9/h1-2,9-14,16-18H,3-8H2. The Labute approximate surface area is 114 Å². The minimum Gasteiger partial charge on any atom is -0.378 e. The van der Waals surface area contributed by atoms with Crippen LogP contribution in [0.1, 0.15) is 38.5 Å². The predicted molar refractivity (Wildman–Crippen MR) is 73.3 cm³/mol. The zero-order valence-electron chi connectivity index (χ0n) is 10.7. The third-order valence-corrected chi connectivity index (χ3v) is 5.19. The fraction of sp³-hybridized carbons (Fsp3) is 0.857. The molecule has 0 bridgehead atoms. The fourth-order valence-electron chi connectivity index (χ4n) is 3.81. The van der Waals surface area contributed by atoms with Gasteiger partial charge in [-0.2, -0.15) is 0 Å². The molecule has 3 nitrogen and oxygen atoms in total. The van der Waals surface area contributed by atoms with E-state index in [-0.39, 0.29) is 11.7 Å². The maximum atomic E-state index is 10.3. The Bertz CT molecular complexity index is 323. The molecule has 6 unspecified atom stereocenters. The van der Waals surface area contributed by atoms with Crippen LogP contribution in [0.15, 0.2) is 12.2 Å². The molecule has 0 aromatic rings. The third-order valence-electron chi connectivity index (χ3n) is 4.84. The van der Waals surface area contributed by atoms with Gasteiger partial charge < -0.3 is 5.11 Å². The molecule has 2 heterocycles. The molecule has 2 saturated heterocycles. The Morgan fingerprint density at radius 2 is 1.94 bits per heavy atom. The highest BCUT2D eigenvalue weighted by Gasteiger charge is 2.41. The van der Waals surface area contributed by atoms with Crippen LogP contribution in [0, 0.1) is 11.8 Å². The average Bonchev–Trinajstić information content (AvgIpc) is 2.39. The number of fused-ring (bicyclic) bond motifs is 1. The number of allylic oxidation sites excluding steroid dienone is 2. The van der Waals surface area contributed by atoms with Crippen molar-refractivity contribution in [3.8, 4) is 0 Å². The van der Waals surface area contributed by atoms with Crippen molar-refractivity contribution in [3.63, 3.8) is 0 Å². The smallest absolute Gasteiger partial charge is 0.108 e. The van der Waals surface area contributed by atoms with E-state index in [4.69, 9.17) is 11.6 Å². The molecule has 4 heteroatoms. The molecule has 0 aromatic heterocycles. The van der Waals surface area contributed by atoms with E-state index in [0.717, 1.165) is 32.1 Å². The molecule has 1 aliphatic carbocycles. The third kappa shape index (κ3) is 2.60. The second-order valence-electron chi connectivity index (χ2n) is 5.98. The van der Waals surface area contributed by atoms with Crippen LogP contribution in [-0.4, -0.2) is 28.9 Å². The van der Waals surface area contributed by atoms with Crippen LogP contribution in [0.3, 0.4) is 0 Å². The molecule has 3 N–H and O–H groups in total. The normalized spacial score (nSPS) is 48.8. The molecular weight excluding hydrogens is 248 g/mol. The summed E-state index contributed by atoms with van der Waals surface area (Å²) in [5.41, 5.74) is 0.107. The van der Waals surface area contributed by atoms with Gasteiger partial charge in [-0.15, -0.1) is 11.6 Å². The number of aliphatic hydroxyl groups is 1. The lowest BCUT2D eigenvalue weighted by Gasteiger charge is -2.47. The second kappa shape index (κ2) is 5.49. The minimum atomic E-state index is -0.337. The van der Waals surface area contributed by atoms with Crippen LogP contribution in [-0.2, 0) is 0 Å². The van der Waals surface area contributed by atoms with Crippen molar-refractivity contribution in [2.75, 3.05) is 0 Å². The summed E-state index contributed by atoms with van der Waals surface area (Å²) < 4.78 is 0. The zero-order valence-corrected chi connectivity index (χ0v) is 11.4. The van der Waals surface area contributed by atoms with Gasteiger partial charge in [0.1, 0.15) is 6.23 Å². The van der Waals surface area contributed by atoms with Gasteiger partial charge in [0.2, 0.25) is 0 Å². The maximum absolute atomic E-state index is 10.3. The van der Waals surface area contributed by atoms with Crippen LogP contribution < -0.4 is 10.6 Å². The molecular formula is C14H23ClN2O. The number of alkyl halides is 1. The highest BCUT2D eigenvalue weighted by Crippen LogP contribution is 2.36. The van der Waals surface area contributed by atoms with Crippen molar-refractivity contribution in [1.82, 2.24) is 10.6 Å². The van der Waals surface area contributed by atoms with Gasteiger partial charge in [-0.3, -0.25) is 10.6 Å². The van der Waals surface area contributed by atoms with E-state index in [1.807, 2.05) is 0 Å². The number of aliphatic hydroxyl groups excluding tert-OH is 1. The Balaban J connectivity index is 1.66. The summed E-state index contributed by atoms with van der Waals surface area (Å²) >= 11 is 6.19. The van der Waals surface area contributed by atoms with E-state index in [1.54, 1.807) is 0 Å². The van der Waals surface area contributed by atoms with Gasteiger partial charge in [-0.25, -0.2) is 0 Å². The lowest BCUT2D eigenvalue weighted by atomic mass is 9.74. The number of halogens is 1. The molecule has 0 spiro atoms. The first-order valence-electron chi connectivity index (χ1n) is 7.23. The lowest BCUT2D eigenvalue weighted by Crippen LogP contribution is -2.63. The summed E-state index contributed by atoms with van der Waals surface area (Å²) in [6.45, 7) is 0. The Morgan fingerprint density at radius 3 is 2.72 bits per heavy atom. The van der Waals surface area contributed by atoms with Gasteiger partial charge in [0.15, 0.2) is 0 Å². The first-order chi connectivity index (χ1) is 8.74. The van der Waals surface area contributed by atoms with E-state index in [0.29, 0.717) is 23.9 Å². The predicted octanol–water partition coefficient (Wildman–Crippen LogP) is 1.96. The number of rotatable bonds is 1. The lowest BCUT2D eigenvalue weighted by molar-refractivity contribution is -0.0209. The van der Waals surface area contributed by atoms with E-state index >= 15 is 0 Å². The first kappa shape index (κ1) is 12.9. The summed E-state index contributed by atoms with van der Waals surface area (Å²) in [6, 6.07) is 0.825. The van der Waals surface area contributed by atoms with E-state index < -0.39 is 0 Å². The maximum Gasteiger partial charge on any atom is 0.108 e. The largest absolute Gasteiger partial charge is 0.378 e. The van der Waals surface area contributed by atoms with Gasteiger partial charge in [0, 0.05) is 18.0 Å². The Kier molecular flexibility index (Phi) is 3.94. The van der Waals surface area contributed by atoms with Crippen molar-refractivity contribution in [1.29, 1.82) is 0 Å².